The van der Waals surface area contributed by atoms with Crippen molar-refractivity contribution in [2.75, 3.05) is 13.2 Å². The molecule has 0 saturated heterocycles. The van der Waals surface area contributed by atoms with Crippen LogP contribution in [0.3, 0.4) is 0 Å². The second-order valence-corrected chi connectivity index (χ2v) is 5.97. The zero-order valence-electron chi connectivity index (χ0n) is 11.0. The van der Waals surface area contributed by atoms with Crippen LogP contribution >= 0.6 is 0 Å². The van der Waals surface area contributed by atoms with Crippen LogP contribution in [0.4, 0.5) is 4.39 Å². The first-order chi connectivity index (χ1) is 8.88. The van der Waals surface area contributed by atoms with Crippen LogP contribution in [0.5, 0.6) is 0 Å². The van der Waals surface area contributed by atoms with Crippen molar-refractivity contribution in [2.45, 2.75) is 31.4 Å². The lowest BCUT2D eigenvalue weighted by Gasteiger charge is -2.12. The van der Waals surface area contributed by atoms with Crippen LogP contribution < -0.4 is 10.5 Å². The van der Waals surface area contributed by atoms with Gasteiger partial charge in [-0.15, -0.1) is 0 Å². The second kappa shape index (κ2) is 6.95. The predicted molar refractivity (Wildman–Crippen MR) is 70.6 cm³/mol. The summed E-state index contributed by atoms with van der Waals surface area (Å²) in [6.07, 6.45) is 0.0262. The number of sulfonamides is 1. The zero-order chi connectivity index (χ0) is 14.5. The van der Waals surface area contributed by atoms with Crippen molar-refractivity contribution in [1.29, 1.82) is 0 Å². The molecule has 0 unspecified atom stereocenters. The maximum absolute atomic E-state index is 13.5. The molecule has 7 heteroatoms. The molecule has 3 N–H and O–H groups in total. The van der Waals surface area contributed by atoms with Gasteiger partial charge in [-0.1, -0.05) is 6.07 Å². The standard InChI is InChI=1S/C12H19FN2O3S/c1-9(2)18-7-6-15-19(16,17)12-5-3-4-11(13)10(12)8-14/h3-5,9,15H,6-8,14H2,1-2H3. The number of hydrogen-bond donors (Lipinski definition) is 2. The normalized spacial score (nSPS) is 12.1. The molecular weight excluding hydrogens is 271 g/mol. The highest BCUT2D eigenvalue weighted by Gasteiger charge is 2.19. The first-order valence-corrected chi connectivity index (χ1v) is 7.45. The first-order valence-electron chi connectivity index (χ1n) is 5.97. The minimum Gasteiger partial charge on any atom is -0.377 e. The van der Waals surface area contributed by atoms with E-state index >= 15 is 0 Å². The van der Waals surface area contributed by atoms with Gasteiger partial charge in [-0.05, 0) is 26.0 Å². The fourth-order valence-corrected chi connectivity index (χ4v) is 2.81. The molecule has 0 aliphatic carbocycles. The molecule has 0 aromatic heterocycles. The lowest BCUT2D eigenvalue weighted by Crippen LogP contribution is -2.29. The Morgan fingerprint density at radius 2 is 2.11 bits per heavy atom. The highest BCUT2D eigenvalue weighted by Crippen LogP contribution is 2.18. The summed E-state index contributed by atoms with van der Waals surface area (Å²) in [7, 11) is -3.77. The summed E-state index contributed by atoms with van der Waals surface area (Å²) in [5.74, 6) is -0.621. The Morgan fingerprint density at radius 3 is 2.68 bits per heavy atom. The van der Waals surface area contributed by atoms with Crippen LogP contribution in [-0.2, 0) is 21.3 Å². The molecular formula is C12H19FN2O3S. The number of nitrogens with one attached hydrogen (secondary N) is 1. The lowest BCUT2D eigenvalue weighted by atomic mass is 10.2. The molecule has 1 aromatic carbocycles. The van der Waals surface area contributed by atoms with Crippen molar-refractivity contribution < 1.29 is 17.5 Å². The highest BCUT2D eigenvalue weighted by atomic mass is 32.2. The summed E-state index contributed by atoms with van der Waals surface area (Å²) in [6, 6.07) is 3.85. The summed E-state index contributed by atoms with van der Waals surface area (Å²) in [5, 5.41) is 0. The monoisotopic (exact) mass is 290 g/mol. The number of ether oxygens (including phenoxy) is 1. The minimum absolute atomic E-state index is 0.0141. The third-order valence-electron chi connectivity index (χ3n) is 2.41. The van der Waals surface area contributed by atoms with E-state index in [1.165, 1.54) is 18.2 Å². The fraction of sp³-hybridized carbons (Fsp3) is 0.500. The van der Waals surface area contributed by atoms with Crippen LogP contribution in [-0.4, -0.2) is 27.7 Å². The van der Waals surface area contributed by atoms with E-state index in [2.05, 4.69) is 4.72 Å². The molecule has 0 fully saturated rings. The van der Waals surface area contributed by atoms with E-state index in [4.69, 9.17) is 10.5 Å². The molecule has 0 amide bonds. The quantitative estimate of drug-likeness (QED) is 0.734. The Labute approximate surface area is 113 Å². The Bertz CT molecular complexity index is 518. The van der Waals surface area contributed by atoms with Gasteiger partial charge in [0.2, 0.25) is 10.0 Å². The average molecular weight is 290 g/mol. The third-order valence-corrected chi connectivity index (χ3v) is 3.96. The molecule has 19 heavy (non-hydrogen) atoms. The molecule has 0 saturated carbocycles. The van der Waals surface area contributed by atoms with Crippen LogP contribution in [0.1, 0.15) is 19.4 Å². The van der Waals surface area contributed by atoms with E-state index in [1.807, 2.05) is 13.8 Å². The van der Waals surface area contributed by atoms with Gasteiger partial charge in [0.1, 0.15) is 5.82 Å². The van der Waals surface area contributed by atoms with Crippen molar-refractivity contribution in [3.63, 3.8) is 0 Å². The molecule has 0 heterocycles. The molecule has 0 radical (unpaired) electrons. The smallest absolute Gasteiger partial charge is 0.241 e. The van der Waals surface area contributed by atoms with Gasteiger partial charge in [0.25, 0.3) is 0 Å². The van der Waals surface area contributed by atoms with Gasteiger partial charge < -0.3 is 10.5 Å². The Balaban J connectivity index is 2.80. The van der Waals surface area contributed by atoms with Gasteiger partial charge in [-0.3, -0.25) is 0 Å². The van der Waals surface area contributed by atoms with Gasteiger partial charge in [-0.2, -0.15) is 0 Å². The Hall–Kier alpha value is -1.02. The maximum Gasteiger partial charge on any atom is 0.241 e. The van der Waals surface area contributed by atoms with Gasteiger partial charge in [0, 0.05) is 18.7 Å². The van der Waals surface area contributed by atoms with Crippen LogP contribution in [0.2, 0.25) is 0 Å². The molecule has 1 aromatic rings. The molecule has 0 spiro atoms. The molecule has 0 bridgehead atoms. The number of rotatable bonds is 7. The summed E-state index contributed by atoms with van der Waals surface area (Å²) in [5.41, 5.74) is 5.37. The third kappa shape index (κ3) is 4.54. The number of hydrogen-bond acceptors (Lipinski definition) is 4. The molecule has 1 rings (SSSR count). The zero-order valence-corrected chi connectivity index (χ0v) is 11.8. The molecule has 5 nitrogen and oxygen atoms in total. The number of nitrogens with two attached hydrogens (primary N) is 1. The maximum atomic E-state index is 13.5. The van der Waals surface area contributed by atoms with E-state index in [1.54, 1.807) is 0 Å². The molecule has 0 atom stereocenters. The van der Waals surface area contributed by atoms with E-state index in [9.17, 15) is 12.8 Å². The van der Waals surface area contributed by atoms with Crippen molar-refractivity contribution in [1.82, 2.24) is 4.72 Å². The topological polar surface area (TPSA) is 81.4 Å². The average Bonchev–Trinajstić information content (AvgIpc) is 2.34. The van der Waals surface area contributed by atoms with Crippen molar-refractivity contribution >= 4 is 10.0 Å². The first kappa shape index (κ1) is 16.0. The fourth-order valence-electron chi connectivity index (χ4n) is 1.54. The Kier molecular flexibility index (Phi) is 5.86. The van der Waals surface area contributed by atoms with E-state index < -0.39 is 15.8 Å². The molecule has 108 valence electrons. The summed E-state index contributed by atoms with van der Waals surface area (Å²) in [6.45, 7) is 3.91. The van der Waals surface area contributed by atoms with Crippen molar-refractivity contribution in [2.24, 2.45) is 5.73 Å². The largest absolute Gasteiger partial charge is 0.377 e. The van der Waals surface area contributed by atoms with Crippen LogP contribution in [0.25, 0.3) is 0 Å². The van der Waals surface area contributed by atoms with Crippen molar-refractivity contribution in [3.05, 3.63) is 29.6 Å². The summed E-state index contributed by atoms with van der Waals surface area (Å²) < 4.78 is 45.1. The second-order valence-electron chi connectivity index (χ2n) is 4.24. The van der Waals surface area contributed by atoms with Gasteiger partial charge >= 0.3 is 0 Å². The Morgan fingerprint density at radius 1 is 1.42 bits per heavy atom. The summed E-state index contributed by atoms with van der Waals surface area (Å²) >= 11 is 0. The van der Waals surface area contributed by atoms with Gasteiger partial charge in [-0.25, -0.2) is 17.5 Å². The van der Waals surface area contributed by atoms with Gasteiger partial charge in [0.05, 0.1) is 17.6 Å². The lowest BCUT2D eigenvalue weighted by molar-refractivity contribution is 0.0834. The minimum atomic E-state index is -3.77. The number of benzene rings is 1. The summed E-state index contributed by atoms with van der Waals surface area (Å²) in [4.78, 5) is -0.125. The van der Waals surface area contributed by atoms with Crippen LogP contribution in [0.15, 0.2) is 23.1 Å². The van der Waals surface area contributed by atoms with Gasteiger partial charge in [0.15, 0.2) is 0 Å². The number of halogens is 1. The highest BCUT2D eigenvalue weighted by molar-refractivity contribution is 7.89. The SMILES string of the molecule is CC(C)OCCNS(=O)(=O)c1cccc(F)c1CN. The molecule has 0 aliphatic rings. The molecule has 0 aliphatic heterocycles. The van der Waals surface area contributed by atoms with E-state index in [0.29, 0.717) is 0 Å². The van der Waals surface area contributed by atoms with E-state index in [0.717, 1.165) is 0 Å². The van der Waals surface area contributed by atoms with E-state index in [-0.39, 0.29) is 36.3 Å². The van der Waals surface area contributed by atoms with Crippen molar-refractivity contribution in [3.8, 4) is 0 Å². The van der Waals surface area contributed by atoms with Crippen LogP contribution in [0, 0.1) is 5.82 Å². The predicted octanol–water partition coefficient (Wildman–Crippen LogP) is 0.988.